The van der Waals surface area contributed by atoms with Crippen molar-refractivity contribution in [1.29, 1.82) is 0 Å². The molecule has 0 saturated carbocycles. The normalized spacial score (nSPS) is 12.4. The molecule has 0 aliphatic rings. The summed E-state index contributed by atoms with van der Waals surface area (Å²) in [6.45, 7) is 4.32. The van der Waals surface area contributed by atoms with E-state index in [1.807, 2.05) is 0 Å². The molecule has 9 heteroatoms. The Hall–Kier alpha value is 0.750. The van der Waals surface area contributed by atoms with Crippen LogP contribution in [0.3, 0.4) is 0 Å². The van der Waals surface area contributed by atoms with E-state index in [0.29, 0.717) is 0 Å². The van der Waals surface area contributed by atoms with Crippen molar-refractivity contribution in [3.63, 3.8) is 0 Å². The highest BCUT2D eigenvalue weighted by molar-refractivity contribution is 8.38. The smallest absolute Gasteiger partial charge is 0.455 e. The van der Waals surface area contributed by atoms with Gasteiger partial charge in [0.05, 0.1) is 0 Å². The van der Waals surface area contributed by atoms with E-state index in [-0.39, 0.29) is 0 Å². The van der Waals surface area contributed by atoms with Crippen molar-refractivity contribution in [2.24, 2.45) is 0 Å². The van der Waals surface area contributed by atoms with Crippen LogP contribution in [0.15, 0.2) is 0 Å². The number of carbonyl (C=O) groups excluding carboxylic acids is 1. The van der Waals surface area contributed by atoms with Crippen LogP contribution in [0, 0.1) is 0 Å². The lowest BCUT2D eigenvalue weighted by Crippen LogP contribution is -2.40. The van der Waals surface area contributed by atoms with Crippen molar-refractivity contribution in [1.82, 2.24) is 0 Å². The molecular weight excluding hydrogens is 305 g/mol. The summed E-state index contributed by atoms with van der Waals surface area (Å²) >= 11 is 19.6. The first-order chi connectivity index (χ1) is 6.40. The van der Waals surface area contributed by atoms with Crippen LogP contribution in [0.2, 0.25) is 0 Å². The van der Waals surface area contributed by atoms with Gasteiger partial charge in [0.2, 0.25) is 3.79 Å². The summed E-state index contributed by atoms with van der Waals surface area (Å²) < 4.78 is 12.2. The van der Waals surface area contributed by atoms with Crippen molar-refractivity contribution in [3.05, 3.63) is 0 Å². The Morgan fingerprint density at radius 2 is 1.67 bits per heavy atom. The van der Waals surface area contributed by atoms with Crippen LogP contribution in [-0.4, -0.2) is 20.3 Å². The molecule has 1 unspecified atom stereocenters. The van der Waals surface area contributed by atoms with E-state index in [9.17, 15) is 4.79 Å². The Morgan fingerprint density at radius 1 is 1.40 bits per heavy atom. The average Bonchev–Trinajstić information content (AvgIpc) is 1.78. The molecule has 90 valence electrons. The highest BCUT2D eigenvalue weighted by atomic mass is 35.6. The molecule has 4 nitrogen and oxygen atoms in total. The van der Waals surface area contributed by atoms with Gasteiger partial charge in [-0.3, -0.25) is 4.79 Å². The molecule has 15 heavy (non-hydrogen) atoms. The van der Waals surface area contributed by atoms with E-state index < -0.39 is 22.6 Å². The predicted molar refractivity (Wildman–Crippen MR) is 64.9 cm³/mol. The molecule has 0 aromatic carbocycles. The van der Waals surface area contributed by atoms with Crippen LogP contribution >= 0.6 is 54.3 Å². The van der Waals surface area contributed by atoms with Crippen LogP contribution < -0.4 is 0 Å². The van der Waals surface area contributed by atoms with Crippen molar-refractivity contribution in [2.45, 2.75) is 30.2 Å². The zero-order valence-corrected chi connectivity index (χ0v) is 12.3. The van der Waals surface area contributed by atoms with Crippen molar-refractivity contribution in [3.8, 4) is 0 Å². The highest BCUT2D eigenvalue weighted by Crippen LogP contribution is 2.40. The third kappa shape index (κ3) is 11.0. The van der Waals surface area contributed by atoms with Gasteiger partial charge in [0.25, 0.3) is 0 Å². The van der Waals surface area contributed by atoms with Gasteiger partial charge in [-0.15, -0.1) is 0 Å². The van der Waals surface area contributed by atoms with Crippen molar-refractivity contribution in [2.75, 3.05) is 0 Å². The van der Waals surface area contributed by atoms with E-state index in [1.165, 1.54) is 20.8 Å². The van der Waals surface area contributed by atoms with Gasteiger partial charge >= 0.3 is 13.2 Å². The lowest BCUT2D eigenvalue weighted by atomic mass is 10.2. The summed E-state index contributed by atoms with van der Waals surface area (Å²) in [5.74, 6) is -0.471. The maximum atomic E-state index is 10.5. The zero-order valence-electron chi connectivity index (χ0n) is 8.20. The van der Waals surface area contributed by atoms with Gasteiger partial charge in [0, 0.05) is 6.92 Å². The van der Waals surface area contributed by atoms with Crippen LogP contribution in [0.25, 0.3) is 0 Å². The topological polar surface area (TPSA) is 63.6 Å². The molecule has 0 spiro atoms. The molecule has 0 aromatic rings. The zero-order chi connectivity index (χ0) is 12.9. The molecule has 0 aromatic heterocycles. The van der Waals surface area contributed by atoms with Gasteiger partial charge in [-0.25, -0.2) is 0 Å². The third-order valence-electron chi connectivity index (χ3n) is 1.08. The summed E-state index contributed by atoms with van der Waals surface area (Å²) in [5.41, 5.74) is -1.09. The molecule has 0 rings (SSSR count). The summed E-state index contributed by atoms with van der Waals surface area (Å²) in [6.07, 6.45) is 0. The molecule has 1 N–H and O–H groups in total. The standard InChI is InChI=1S/C6H9Cl3O2.HO2PS/c1-4(10)11-5(2,3)6(7,8)9;1-3(2)4/h1-3H3;(H-,1,2,4)/p+1. The van der Waals surface area contributed by atoms with Gasteiger partial charge < -0.3 is 4.74 Å². The molecule has 0 amide bonds. The van der Waals surface area contributed by atoms with Gasteiger partial charge in [0.1, 0.15) is 12.2 Å². The number of hydrogen-bond acceptors (Lipinski definition) is 3. The minimum Gasteiger partial charge on any atom is -0.455 e. The SMILES string of the molecule is CC(=O)OC(C)(C)C(Cl)(Cl)Cl.O=[P+](O)S. The second kappa shape index (κ2) is 7.15. The maximum absolute atomic E-state index is 10.5. The lowest BCUT2D eigenvalue weighted by Gasteiger charge is -2.31. The van der Waals surface area contributed by atoms with E-state index in [4.69, 9.17) is 49.0 Å². The number of rotatable bonds is 1. The number of ether oxygens (including phenoxy) is 1. The molecule has 0 fully saturated rings. The third-order valence-corrected chi connectivity index (χ3v) is 2.45. The Morgan fingerprint density at radius 3 is 1.73 bits per heavy atom. The first-order valence-electron chi connectivity index (χ1n) is 3.51. The van der Waals surface area contributed by atoms with E-state index >= 15 is 0 Å². The van der Waals surface area contributed by atoms with E-state index in [1.54, 1.807) is 0 Å². The van der Waals surface area contributed by atoms with Crippen LogP contribution in [0.4, 0.5) is 0 Å². The van der Waals surface area contributed by atoms with Crippen LogP contribution in [0.1, 0.15) is 20.8 Å². The second-order valence-electron chi connectivity index (χ2n) is 2.85. The Kier molecular flexibility index (Phi) is 8.64. The largest absolute Gasteiger partial charge is 0.579 e. The highest BCUT2D eigenvalue weighted by Gasteiger charge is 2.43. The number of thiol groups is 1. The molecule has 0 aliphatic carbocycles. The summed E-state index contributed by atoms with van der Waals surface area (Å²) in [4.78, 5) is 17.9. The number of halogens is 3. The number of esters is 1. The summed E-state index contributed by atoms with van der Waals surface area (Å²) in [7, 11) is -2.18. The fourth-order valence-electron chi connectivity index (χ4n) is 0.417. The quantitative estimate of drug-likeness (QED) is 0.337. The monoisotopic (exact) mass is 315 g/mol. The second-order valence-corrected chi connectivity index (χ2v) is 6.67. The minimum absolute atomic E-state index is 0.471. The van der Waals surface area contributed by atoms with Gasteiger partial charge in [-0.1, -0.05) is 34.8 Å². The molecular formula is C6H11Cl3O4PS+. The minimum atomic E-state index is -2.18. The predicted octanol–water partition coefficient (Wildman–Crippen LogP) is 3.26. The fourth-order valence-corrected chi connectivity index (χ4v) is 0.533. The average molecular weight is 317 g/mol. The lowest BCUT2D eigenvalue weighted by molar-refractivity contribution is -0.153. The maximum Gasteiger partial charge on any atom is 0.579 e. The van der Waals surface area contributed by atoms with Crippen molar-refractivity contribution >= 4 is 60.3 Å². The van der Waals surface area contributed by atoms with Gasteiger partial charge in [-0.05, 0) is 18.4 Å². The Bertz CT molecular complexity index is 237. The summed E-state index contributed by atoms with van der Waals surface area (Å²) in [6, 6.07) is 0. The Labute approximate surface area is 109 Å². The first kappa shape index (κ1) is 18.1. The first-order valence-corrected chi connectivity index (χ1v) is 7.01. The van der Waals surface area contributed by atoms with E-state index in [2.05, 4.69) is 12.2 Å². The Balaban J connectivity index is 0. The molecule has 0 bridgehead atoms. The number of hydrogen-bond donors (Lipinski definition) is 2. The molecule has 0 heterocycles. The van der Waals surface area contributed by atoms with Crippen LogP contribution in [0.5, 0.6) is 0 Å². The molecule has 0 saturated heterocycles. The van der Waals surface area contributed by atoms with Crippen molar-refractivity contribution < 1.29 is 19.0 Å². The van der Waals surface area contributed by atoms with Gasteiger partial charge in [-0.2, -0.15) is 4.89 Å². The number of carbonyl (C=O) groups is 1. The molecule has 0 radical (unpaired) electrons. The molecule has 1 atom stereocenters. The van der Waals surface area contributed by atoms with E-state index in [0.717, 1.165) is 0 Å². The number of alkyl halides is 3. The van der Waals surface area contributed by atoms with Crippen LogP contribution in [-0.2, 0) is 14.1 Å². The fraction of sp³-hybridized carbons (Fsp3) is 0.833. The summed E-state index contributed by atoms with van der Waals surface area (Å²) in [5, 5.41) is 0. The molecule has 0 aliphatic heterocycles. The van der Waals surface area contributed by atoms with Gasteiger partial charge in [0.15, 0.2) is 5.60 Å².